The second-order valence-corrected chi connectivity index (χ2v) is 8.01. The molecule has 1 aromatic rings. The third-order valence-electron chi connectivity index (χ3n) is 4.39. The Hall–Kier alpha value is -1.18. The van der Waals surface area contributed by atoms with E-state index in [2.05, 4.69) is 46.3 Å². The van der Waals surface area contributed by atoms with Gasteiger partial charge in [0.2, 0.25) is 0 Å². The molecular weight excluding hydrogens is 334 g/mol. The van der Waals surface area contributed by atoms with Crippen molar-refractivity contribution >= 4 is 17.3 Å². The normalized spacial score (nSPS) is 17.7. The number of guanidine groups is 1. The molecule has 2 heterocycles. The average molecular weight is 368 g/mol. The molecule has 0 amide bonds. The predicted molar refractivity (Wildman–Crippen MR) is 105 cm³/mol. The molecule has 1 atom stereocenters. The molecule has 0 saturated carbocycles. The van der Waals surface area contributed by atoms with Crippen LogP contribution < -0.4 is 10.6 Å². The van der Waals surface area contributed by atoms with E-state index in [1.54, 1.807) is 11.3 Å². The van der Waals surface area contributed by atoms with Gasteiger partial charge in [0, 0.05) is 43.8 Å². The van der Waals surface area contributed by atoms with E-state index >= 15 is 0 Å². The van der Waals surface area contributed by atoms with Crippen molar-refractivity contribution in [3.63, 3.8) is 0 Å². The van der Waals surface area contributed by atoms with Gasteiger partial charge in [-0.15, -0.1) is 11.3 Å². The third kappa shape index (κ3) is 6.92. The first-order valence-electron chi connectivity index (χ1n) is 9.32. The molecule has 2 N–H and O–H groups in total. The Kier molecular flexibility index (Phi) is 8.64. The smallest absolute Gasteiger partial charge is 0.191 e. The van der Waals surface area contributed by atoms with E-state index in [1.807, 2.05) is 13.2 Å². The van der Waals surface area contributed by atoms with Crippen LogP contribution in [0.3, 0.4) is 0 Å². The van der Waals surface area contributed by atoms with Gasteiger partial charge in [0.15, 0.2) is 5.96 Å². The Morgan fingerprint density at radius 1 is 1.36 bits per heavy atom. The molecule has 25 heavy (non-hydrogen) atoms. The van der Waals surface area contributed by atoms with Crippen molar-refractivity contribution < 1.29 is 4.74 Å². The third-order valence-corrected chi connectivity index (χ3v) is 5.53. The largest absolute Gasteiger partial charge is 0.379 e. The summed E-state index contributed by atoms with van der Waals surface area (Å²) in [5.41, 5.74) is 0. The highest BCUT2D eigenvalue weighted by Crippen LogP contribution is 2.14. The van der Waals surface area contributed by atoms with Crippen LogP contribution in [0.25, 0.3) is 0 Å². The highest BCUT2D eigenvalue weighted by atomic mass is 32.1. The van der Waals surface area contributed by atoms with Crippen LogP contribution in [0.15, 0.2) is 11.2 Å². The lowest BCUT2D eigenvalue weighted by Crippen LogP contribution is -2.50. The fourth-order valence-electron chi connectivity index (χ4n) is 3.04. The molecule has 142 valence electrons. The van der Waals surface area contributed by atoms with Gasteiger partial charge < -0.3 is 15.4 Å². The molecule has 2 rings (SSSR count). The van der Waals surface area contributed by atoms with Gasteiger partial charge in [0.05, 0.1) is 19.8 Å². The van der Waals surface area contributed by atoms with Crippen LogP contribution in [-0.2, 0) is 17.7 Å². The Morgan fingerprint density at radius 2 is 2.12 bits per heavy atom. The molecule has 1 aromatic heterocycles. The fourth-order valence-corrected chi connectivity index (χ4v) is 3.84. The average Bonchev–Trinajstić information content (AvgIpc) is 3.09. The van der Waals surface area contributed by atoms with Crippen molar-refractivity contribution in [2.24, 2.45) is 10.9 Å². The summed E-state index contributed by atoms with van der Waals surface area (Å²) in [4.78, 5) is 12.7. The summed E-state index contributed by atoms with van der Waals surface area (Å²) in [7, 11) is 1.82. The van der Waals surface area contributed by atoms with Gasteiger partial charge in [-0.3, -0.25) is 9.89 Å². The lowest BCUT2D eigenvalue weighted by Gasteiger charge is -2.35. The number of morpholine rings is 1. The Bertz CT molecular complexity index is 525. The van der Waals surface area contributed by atoms with Crippen LogP contribution >= 0.6 is 11.3 Å². The minimum absolute atomic E-state index is 0.508. The monoisotopic (exact) mass is 367 g/mol. The molecule has 1 unspecified atom stereocenters. The first-order valence-corrected chi connectivity index (χ1v) is 10.1. The number of hydrogen-bond acceptors (Lipinski definition) is 5. The summed E-state index contributed by atoms with van der Waals surface area (Å²) in [6.07, 6.45) is 4.19. The van der Waals surface area contributed by atoms with Crippen LogP contribution in [0, 0.1) is 5.92 Å². The zero-order valence-electron chi connectivity index (χ0n) is 16.0. The molecule has 0 bridgehead atoms. The van der Waals surface area contributed by atoms with Crippen molar-refractivity contribution in [1.82, 2.24) is 20.5 Å². The summed E-state index contributed by atoms with van der Waals surface area (Å²) >= 11 is 1.76. The highest BCUT2D eigenvalue weighted by molar-refractivity contribution is 7.11. The zero-order chi connectivity index (χ0) is 18.1. The number of hydrogen-bond donors (Lipinski definition) is 2. The standard InChI is InChI=1S/C18H33N5OS/c1-5-16-12-20-17(25-16)13-22-18(19-4)21-11-15(10-14(2)3)23-6-8-24-9-7-23/h12,14-15H,5-11,13H2,1-4H3,(H2,19,21,22). The molecule has 1 aliphatic rings. The number of thiazole rings is 1. The van der Waals surface area contributed by atoms with E-state index in [9.17, 15) is 0 Å². The molecule has 0 aliphatic carbocycles. The topological polar surface area (TPSA) is 61.8 Å². The first kappa shape index (κ1) is 20.1. The van der Waals surface area contributed by atoms with Gasteiger partial charge >= 0.3 is 0 Å². The molecule has 0 spiro atoms. The highest BCUT2D eigenvalue weighted by Gasteiger charge is 2.22. The first-order chi connectivity index (χ1) is 12.1. The van der Waals surface area contributed by atoms with Crippen LogP contribution in [-0.4, -0.2) is 61.8 Å². The number of aromatic nitrogens is 1. The quantitative estimate of drug-likeness (QED) is 0.544. The van der Waals surface area contributed by atoms with Crippen molar-refractivity contribution in [3.8, 4) is 0 Å². The van der Waals surface area contributed by atoms with Crippen LogP contribution in [0.4, 0.5) is 0 Å². The molecule has 1 aliphatic heterocycles. The van der Waals surface area contributed by atoms with Gasteiger partial charge in [0.25, 0.3) is 0 Å². The Balaban J connectivity index is 1.83. The van der Waals surface area contributed by atoms with E-state index in [-0.39, 0.29) is 0 Å². The van der Waals surface area contributed by atoms with E-state index in [0.29, 0.717) is 12.0 Å². The number of nitrogens with zero attached hydrogens (tertiary/aromatic N) is 3. The number of aryl methyl sites for hydroxylation is 1. The summed E-state index contributed by atoms with van der Waals surface area (Å²) in [6.45, 7) is 12.1. The molecule has 0 aromatic carbocycles. The Morgan fingerprint density at radius 3 is 2.72 bits per heavy atom. The van der Waals surface area contributed by atoms with E-state index in [1.165, 1.54) is 11.3 Å². The van der Waals surface area contributed by atoms with Crippen LogP contribution in [0.5, 0.6) is 0 Å². The molecule has 6 nitrogen and oxygen atoms in total. The summed E-state index contributed by atoms with van der Waals surface area (Å²) in [6, 6.07) is 0.508. The molecule has 1 fully saturated rings. The van der Waals surface area contributed by atoms with E-state index in [4.69, 9.17) is 4.74 Å². The lowest BCUT2D eigenvalue weighted by molar-refractivity contribution is 0.0132. The number of ether oxygens (including phenoxy) is 1. The van der Waals surface area contributed by atoms with Crippen LogP contribution in [0.1, 0.15) is 37.1 Å². The summed E-state index contributed by atoms with van der Waals surface area (Å²) in [5.74, 6) is 1.52. The van der Waals surface area contributed by atoms with Crippen molar-refractivity contribution in [1.29, 1.82) is 0 Å². The summed E-state index contributed by atoms with van der Waals surface area (Å²) in [5, 5.41) is 7.98. The molecule has 1 saturated heterocycles. The van der Waals surface area contributed by atoms with Gasteiger partial charge in [-0.25, -0.2) is 4.98 Å². The predicted octanol–water partition coefficient (Wildman–Crippen LogP) is 2.12. The van der Waals surface area contributed by atoms with Crippen molar-refractivity contribution in [2.75, 3.05) is 39.9 Å². The Labute approximate surface area is 156 Å². The number of aliphatic imine (C=N–C) groups is 1. The molecular formula is C18H33N5OS. The number of nitrogens with one attached hydrogen (secondary N) is 2. The minimum Gasteiger partial charge on any atom is -0.379 e. The van der Waals surface area contributed by atoms with Crippen molar-refractivity contribution in [3.05, 3.63) is 16.1 Å². The van der Waals surface area contributed by atoms with Gasteiger partial charge in [-0.05, 0) is 18.8 Å². The lowest BCUT2D eigenvalue weighted by atomic mass is 10.0. The van der Waals surface area contributed by atoms with Gasteiger partial charge in [0.1, 0.15) is 5.01 Å². The number of rotatable bonds is 8. The maximum atomic E-state index is 5.50. The molecule has 7 heteroatoms. The van der Waals surface area contributed by atoms with Gasteiger partial charge in [-0.2, -0.15) is 0 Å². The fraction of sp³-hybridized carbons (Fsp3) is 0.778. The zero-order valence-corrected chi connectivity index (χ0v) is 16.9. The SMILES string of the molecule is CCc1cnc(CNC(=NC)NCC(CC(C)C)N2CCOCC2)s1. The summed E-state index contributed by atoms with van der Waals surface area (Å²) < 4.78 is 5.50. The second kappa shape index (κ2) is 10.7. The maximum absolute atomic E-state index is 5.50. The van der Waals surface area contributed by atoms with Crippen molar-refractivity contribution in [2.45, 2.75) is 46.2 Å². The van der Waals surface area contributed by atoms with Gasteiger partial charge in [-0.1, -0.05) is 20.8 Å². The minimum atomic E-state index is 0.508. The van der Waals surface area contributed by atoms with E-state index in [0.717, 1.165) is 56.8 Å². The molecule has 0 radical (unpaired) electrons. The van der Waals surface area contributed by atoms with E-state index < -0.39 is 0 Å². The van der Waals surface area contributed by atoms with Crippen LogP contribution in [0.2, 0.25) is 0 Å². The second-order valence-electron chi connectivity index (χ2n) is 6.81. The maximum Gasteiger partial charge on any atom is 0.191 e.